The van der Waals surface area contributed by atoms with Crippen LogP contribution in [-0.2, 0) is 6.54 Å². The SMILES string of the molecule is CC(C)c1c(C2CC2)ccc2c1C=NC2. The summed E-state index contributed by atoms with van der Waals surface area (Å²) in [6.45, 7) is 5.49. The van der Waals surface area contributed by atoms with Crippen LogP contribution in [-0.4, -0.2) is 6.21 Å². The zero-order chi connectivity index (χ0) is 10.4. The lowest BCUT2D eigenvalue weighted by Gasteiger charge is -2.16. The van der Waals surface area contributed by atoms with Gasteiger partial charge in [-0.2, -0.15) is 0 Å². The van der Waals surface area contributed by atoms with Crippen LogP contribution >= 0.6 is 0 Å². The Morgan fingerprint density at radius 2 is 2.07 bits per heavy atom. The zero-order valence-corrected chi connectivity index (χ0v) is 9.46. The Hall–Kier alpha value is -1.11. The molecule has 1 heteroatoms. The molecule has 0 saturated heterocycles. The summed E-state index contributed by atoms with van der Waals surface area (Å²) in [5.41, 5.74) is 6.01. The van der Waals surface area contributed by atoms with Crippen molar-refractivity contribution in [3.8, 4) is 0 Å². The van der Waals surface area contributed by atoms with Crippen LogP contribution in [0.1, 0.15) is 60.8 Å². The van der Waals surface area contributed by atoms with Crippen molar-refractivity contribution in [2.24, 2.45) is 4.99 Å². The molecule has 0 atom stereocenters. The predicted octanol–water partition coefficient (Wildman–Crippen LogP) is 3.62. The lowest BCUT2D eigenvalue weighted by molar-refractivity contribution is 0.837. The first-order chi connectivity index (χ1) is 7.27. The van der Waals surface area contributed by atoms with Gasteiger partial charge in [-0.1, -0.05) is 26.0 Å². The molecule has 15 heavy (non-hydrogen) atoms. The van der Waals surface area contributed by atoms with Gasteiger partial charge in [-0.05, 0) is 41.4 Å². The van der Waals surface area contributed by atoms with Crippen molar-refractivity contribution in [2.45, 2.75) is 45.1 Å². The van der Waals surface area contributed by atoms with Gasteiger partial charge in [0.25, 0.3) is 0 Å². The van der Waals surface area contributed by atoms with Crippen LogP contribution in [0.3, 0.4) is 0 Å². The zero-order valence-electron chi connectivity index (χ0n) is 9.46. The monoisotopic (exact) mass is 199 g/mol. The van der Waals surface area contributed by atoms with E-state index in [1.807, 2.05) is 0 Å². The first-order valence-corrected chi connectivity index (χ1v) is 5.93. The second kappa shape index (κ2) is 3.19. The molecule has 0 radical (unpaired) electrons. The van der Waals surface area contributed by atoms with E-state index in [2.05, 4.69) is 37.2 Å². The number of fused-ring (bicyclic) bond motifs is 1. The van der Waals surface area contributed by atoms with Gasteiger partial charge in [0.05, 0.1) is 6.54 Å². The summed E-state index contributed by atoms with van der Waals surface area (Å²) >= 11 is 0. The largest absolute Gasteiger partial charge is 0.288 e. The van der Waals surface area contributed by atoms with E-state index in [-0.39, 0.29) is 0 Å². The van der Waals surface area contributed by atoms with Crippen molar-refractivity contribution < 1.29 is 0 Å². The number of hydrogen-bond acceptors (Lipinski definition) is 1. The molecule has 3 rings (SSSR count). The second-order valence-corrected chi connectivity index (χ2v) is 5.04. The minimum Gasteiger partial charge on any atom is -0.288 e. The Labute approximate surface area is 91.2 Å². The van der Waals surface area contributed by atoms with Gasteiger partial charge in [-0.15, -0.1) is 0 Å². The molecular weight excluding hydrogens is 182 g/mol. The minimum atomic E-state index is 0.625. The summed E-state index contributed by atoms with van der Waals surface area (Å²) in [7, 11) is 0. The Balaban J connectivity index is 2.19. The van der Waals surface area contributed by atoms with E-state index in [0.29, 0.717) is 5.92 Å². The number of hydrogen-bond donors (Lipinski definition) is 0. The van der Waals surface area contributed by atoms with Gasteiger partial charge in [0.1, 0.15) is 0 Å². The third-order valence-electron chi connectivity index (χ3n) is 3.49. The van der Waals surface area contributed by atoms with Gasteiger partial charge < -0.3 is 0 Å². The predicted molar refractivity (Wildman–Crippen MR) is 63.8 cm³/mol. The average molecular weight is 199 g/mol. The smallest absolute Gasteiger partial charge is 0.0646 e. The molecule has 1 aliphatic carbocycles. The molecule has 1 heterocycles. The molecule has 0 aromatic heterocycles. The molecule has 1 fully saturated rings. The van der Waals surface area contributed by atoms with Crippen molar-refractivity contribution in [1.29, 1.82) is 0 Å². The minimum absolute atomic E-state index is 0.625. The Morgan fingerprint density at radius 1 is 1.27 bits per heavy atom. The van der Waals surface area contributed by atoms with Crippen LogP contribution < -0.4 is 0 Å². The standard InChI is InChI=1S/C14H17N/c1-9(2)14-12(10-3-4-10)6-5-11-7-15-8-13(11)14/h5-6,8-10H,3-4,7H2,1-2H3. The molecular formula is C14H17N. The van der Waals surface area contributed by atoms with E-state index in [1.54, 1.807) is 11.1 Å². The van der Waals surface area contributed by atoms with E-state index in [9.17, 15) is 0 Å². The van der Waals surface area contributed by atoms with Crippen LogP contribution in [0.5, 0.6) is 0 Å². The molecule has 1 aliphatic heterocycles. The summed E-state index contributed by atoms with van der Waals surface area (Å²) in [6.07, 6.45) is 4.85. The summed E-state index contributed by atoms with van der Waals surface area (Å²) < 4.78 is 0. The van der Waals surface area contributed by atoms with Crippen molar-refractivity contribution >= 4 is 6.21 Å². The molecule has 1 saturated carbocycles. The lowest BCUT2D eigenvalue weighted by Crippen LogP contribution is -2.02. The highest BCUT2D eigenvalue weighted by Crippen LogP contribution is 2.45. The van der Waals surface area contributed by atoms with Crippen molar-refractivity contribution in [1.82, 2.24) is 0 Å². The van der Waals surface area contributed by atoms with E-state index in [1.165, 1.54) is 24.0 Å². The average Bonchev–Trinajstić information content (AvgIpc) is 2.94. The number of benzene rings is 1. The highest BCUT2D eigenvalue weighted by atomic mass is 14.7. The fourth-order valence-electron chi connectivity index (χ4n) is 2.62. The second-order valence-electron chi connectivity index (χ2n) is 5.04. The van der Waals surface area contributed by atoms with Gasteiger partial charge in [0.2, 0.25) is 0 Å². The van der Waals surface area contributed by atoms with Crippen LogP contribution in [0.25, 0.3) is 0 Å². The van der Waals surface area contributed by atoms with Gasteiger partial charge in [-0.3, -0.25) is 4.99 Å². The van der Waals surface area contributed by atoms with E-state index in [0.717, 1.165) is 12.5 Å². The third-order valence-corrected chi connectivity index (χ3v) is 3.49. The van der Waals surface area contributed by atoms with Crippen molar-refractivity contribution in [2.75, 3.05) is 0 Å². The molecule has 0 bridgehead atoms. The van der Waals surface area contributed by atoms with Crippen LogP contribution in [0.15, 0.2) is 17.1 Å². The summed E-state index contributed by atoms with van der Waals surface area (Å²) in [6, 6.07) is 4.63. The maximum absolute atomic E-state index is 4.39. The quantitative estimate of drug-likeness (QED) is 0.690. The highest BCUT2D eigenvalue weighted by molar-refractivity contribution is 5.87. The van der Waals surface area contributed by atoms with Gasteiger partial charge in [0.15, 0.2) is 0 Å². The van der Waals surface area contributed by atoms with Crippen LogP contribution in [0.4, 0.5) is 0 Å². The number of rotatable bonds is 2. The molecule has 0 unspecified atom stereocenters. The molecule has 1 nitrogen and oxygen atoms in total. The maximum atomic E-state index is 4.39. The number of nitrogens with zero attached hydrogens (tertiary/aromatic N) is 1. The molecule has 0 spiro atoms. The fourth-order valence-corrected chi connectivity index (χ4v) is 2.62. The third kappa shape index (κ3) is 1.41. The lowest BCUT2D eigenvalue weighted by atomic mass is 9.88. The topological polar surface area (TPSA) is 12.4 Å². The first kappa shape index (κ1) is 9.14. The Bertz CT molecular complexity index is 425. The van der Waals surface area contributed by atoms with Gasteiger partial charge in [-0.25, -0.2) is 0 Å². The molecule has 1 aromatic rings. The summed E-state index contributed by atoms with van der Waals surface area (Å²) in [4.78, 5) is 4.39. The van der Waals surface area contributed by atoms with E-state index >= 15 is 0 Å². The summed E-state index contributed by atoms with van der Waals surface area (Å²) in [5.74, 6) is 1.47. The van der Waals surface area contributed by atoms with Crippen LogP contribution in [0, 0.1) is 0 Å². The maximum Gasteiger partial charge on any atom is 0.0646 e. The van der Waals surface area contributed by atoms with Crippen molar-refractivity contribution in [3.05, 3.63) is 34.4 Å². The molecule has 2 aliphatic rings. The molecule has 0 N–H and O–H groups in total. The highest BCUT2D eigenvalue weighted by Gasteiger charge is 2.29. The number of aliphatic imine (C=N–C) groups is 1. The Morgan fingerprint density at radius 3 is 2.73 bits per heavy atom. The molecule has 0 amide bonds. The summed E-state index contributed by atoms with van der Waals surface area (Å²) in [5, 5.41) is 0. The van der Waals surface area contributed by atoms with Crippen LogP contribution in [0.2, 0.25) is 0 Å². The fraction of sp³-hybridized carbons (Fsp3) is 0.500. The molecule has 78 valence electrons. The van der Waals surface area contributed by atoms with Crippen molar-refractivity contribution in [3.63, 3.8) is 0 Å². The molecule has 1 aromatic carbocycles. The normalized spacial score (nSPS) is 18.6. The Kier molecular flexibility index (Phi) is 1.95. The first-order valence-electron chi connectivity index (χ1n) is 5.93. The van der Waals surface area contributed by atoms with E-state index in [4.69, 9.17) is 0 Å². The van der Waals surface area contributed by atoms with Gasteiger partial charge >= 0.3 is 0 Å². The van der Waals surface area contributed by atoms with E-state index < -0.39 is 0 Å². The van der Waals surface area contributed by atoms with Gasteiger partial charge in [0, 0.05) is 11.8 Å².